The van der Waals surface area contributed by atoms with E-state index in [-0.39, 0.29) is 18.9 Å². The quantitative estimate of drug-likeness (QED) is 0.521. The van der Waals surface area contributed by atoms with Crippen molar-refractivity contribution in [2.24, 2.45) is 5.92 Å². The van der Waals surface area contributed by atoms with Crippen molar-refractivity contribution < 1.29 is 19.1 Å². The molecule has 0 spiro atoms. The van der Waals surface area contributed by atoms with E-state index in [0.29, 0.717) is 22.9 Å². The van der Waals surface area contributed by atoms with E-state index in [1.54, 1.807) is 22.6 Å². The Morgan fingerprint density at radius 3 is 2.56 bits per heavy atom. The predicted octanol–water partition coefficient (Wildman–Crippen LogP) is 3.67. The van der Waals surface area contributed by atoms with Gasteiger partial charge in [-0.2, -0.15) is 5.10 Å². The zero-order valence-corrected chi connectivity index (χ0v) is 19.7. The highest BCUT2D eigenvalue weighted by molar-refractivity contribution is 6.31. The third-order valence-corrected chi connectivity index (χ3v) is 6.14. The summed E-state index contributed by atoms with van der Waals surface area (Å²) in [5.74, 6) is -1.80. The van der Waals surface area contributed by atoms with Crippen molar-refractivity contribution in [1.29, 1.82) is 0 Å². The van der Waals surface area contributed by atoms with Gasteiger partial charge in [-0.15, -0.1) is 0 Å². The molecule has 1 aliphatic heterocycles. The first-order chi connectivity index (χ1) is 16.3. The fourth-order valence-electron chi connectivity index (χ4n) is 3.99. The Balaban J connectivity index is 1.32. The number of likely N-dealkylation sites (tertiary alicyclic amines) is 1. The molecule has 3 aromatic rings. The Morgan fingerprint density at radius 2 is 1.82 bits per heavy atom. The lowest BCUT2D eigenvalue weighted by atomic mass is 10.1. The van der Waals surface area contributed by atoms with E-state index in [0.717, 1.165) is 16.9 Å². The van der Waals surface area contributed by atoms with Crippen LogP contribution in [0, 0.1) is 19.8 Å². The molecule has 1 aromatic heterocycles. The summed E-state index contributed by atoms with van der Waals surface area (Å²) in [6.07, 6.45) is 0.0486. The standard InChI is InChI=1S/C25H25ClN4O4/c1-16-24(17(2)30(28-16)20-9-4-3-5-10-20)27-22(31)15-34-25(33)19-12-23(32)29(14-19)13-18-8-6-7-11-21(18)26/h3-11,19H,12-15H2,1-2H3,(H,27,31)/t19-/m0/s1. The minimum Gasteiger partial charge on any atom is -0.455 e. The molecule has 0 unspecified atom stereocenters. The number of benzene rings is 2. The number of carbonyl (C=O) groups is 3. The van der Waals surface area contributed by atoms with Gasteiger partial charge in [0.05, 0.1) is 28.7 Å². The Kier molecular flexibility index (Phi) is 6.98. The lowest BCUT2D eigenvalue weighted by Crippen LogP contribution is -2.28. The van der Waals surface area contributed by atoms with Crippen LogP contribution in [0.15, 0.2) is 54.6 Å². The number of nitrogens with one attached hydrogen (secondary N) is 1. The maximum absolute atomic E-state index is 12.5. The molecule has 0 saturated carbocycles. The molecule has 1 atom stereocenters. The van der Waals surface area contributed by atoms with Crippen LogP contribution >= 0.6 is 11.6 Å². The van der Waals surface area contributed by atoms with Crippen molar-refractivity contribution in [3.05, 3.63) is 76.6 Å². The number of hydrogen-bond donors (Lipinski definition) is 1. The van der Waals surface area contributed by atoms with Crippen LogP contribution in [0.25, 0.3) is 5.69 Å². The van der Waals surface area contributed by atoms with E-state index in [4.69, 9.17) is 16.3 Å². The molecular weight excluding hydrogens is 456 g/mol. The highest BCUT2D eigenvalue weighted by atomic mass is 35.5. The maximum atomic E-state index is 12.5. The van der Waals surface area contributed by atoms with E-state index >= 15 is 0 Å². The molecule has 2 aromatic carbocycles. The average molecular weight is 481 g/mol. The van der Waals surface area contributed by atoms with Crippen LogP contribution in [0.4, 0.5) is 5.69 Å². The molecule has 176 valence electrons. The summed E-state index contributed by atoms with van der Waals surface area (Å²) in [4.78, 5) is 38.9. The molecule has 1 saturated heterocycles. The number of anilines is 1. The Labute approximate surface area is 202 Å². The van der Waals surface area contributed by atoms with Gasteiger partial charge in [0.1, 0.15) is 0 Å². The van der Waals surface area contributed by atoms with Gasteiger partial charge in [-0.3, -0.25) is 14.4 Å². The van der Waals surface area contributed by atoms with Crippen LogP contribution in [0.5, 0.6) is 0 Å². The topological polar surface area (TPSA) is 93.5 Å². The van der Waals surface area contributed by atoms with Gasteiger partial charge in [0.15, 0.2) is 6.61 Å². The van der Waals surface area contributed by atoms with Crippen molar-refractivity contribution in [1.82, 2.24) is 14.7 Å². The number of hydrogen-bond acceptors (Lipinski definition) is 5. The van der Waals surface area contributed by atoms with Crippen molar-refractivity contribution in [3.63, 3.8) is 0 Å². The molecule has 4 rings (SSSR count). The van der Waals surface area contributed by atoms with Crippen LogP contribution in [0.1, 0.15) is 23.4 Å². The van der Waals surface area contributed by atoms with E-state index in [2.05, 4.69) is 10.4 Å². The largest absolute Gasteiger partial charge is 0.455 e. The summed E-state index contributed by atoms with van der Waals surface area (Å²) in [5, 5.41) is 7.84. The SMILES string of the molecule is Cc1nn(-c2ccccc2)c(C)c1NC(=O)COC(=O)[C@H]1CC(=O)N(Cc2ccccc2Cl)C1. The summed E-state index contributed by atoms with van der Waals surface area (Å²) in [6.45, 7) is 3.76. The van der Waals surface area contributed by atoms with Gasteiger partial charge < -0.3 is 15.0 Å². The lowest BCUT2D eigenvalue weighted by Gasteiger charge is -2.17. The highest BCUT2D eigenvalue weighted by Crippen LogP contribution is 2.25. The van der Waals surface area contributed by atoms with Gasteiger partial charge in [-0.25, -0.2) is 4.68 Å². The van der Waals surface area contributed by atoms with E-state index in [1.807, 2.05) is 55.5 Å². The number of rotatable bonds is 7. The van der Waals surface area contributed by atoms with Gasteiger partial charge >= 0.3 is 5.97 Å². The second-order valence-corrected chi connectivity index (χ2v) is 8.62. The minimum atomic E-state index is -0.618. The molecule has 34 heavy (non-hydrogen) atoms. The molecule has 2 heterocycles. The molecular formula is C25H25ClN4O4. The van der Waals surface area contributed by atoms with Gasteiger partial charge in [-0.05, 0) is 37.6 Å². The van der Waals surface area contributed by atoms with Gasteiger partial charge in [-0.1, -0.05) is 48.0 Å². The van der Waals surface area contributed by atoms with E-state index in [1.165, 1.54) is 0 Å². The molecule has 2 amide bonds. The van der Waals surface area contributed by atoms with Crippen molar-refractivity contribution in [3.8, 4) is 5.69 Å². The van der Waals surface area contributed by atoms with Crippen molar-refractivity contribution in [2.45, 2.75) is 26.8 Å². The smallest absolute Gasteiger partial charge is 0.311 e. The van der Waals surface area contributed by atoms with Crippen LogP contribution < -0.4 is 5.32 Å². The number of ether oxygens (including phenoxy) is 1. The fraction of sp³-hybridized carbons (Fsp3) is 0.280. The number of amides is 2. The average Bonchev–Trinajstić information content (AvgIpc) is 3.33. The fourth-order valence-corrected chi connectivity index (χ4v) is 4.18. The zero-order chi connectivity index (χ0) is 24.2. The maximum Gasteiger partial charge on any atom is 0.311 e. The number of aryl methyl sites for hydroxylation is 1. The summed E-state index contributed by atoms with van der Waals surface area (Å²) in [6, 6.07) is 16.8. The van der Waals surface area contributed by atoms with Crippen LogP contribution in [-0.4, -0.2) is 45.6 Å². The molecule has 0 aliphatic carbocycles. The number of para-hydroxylation sites is 1. The van der Waals surface area contributed by atoms with Gasteiger partial charge in [0.2, 0.25) is 5.91 Å². The molecule has 0 bridgehead atoms. The second-order valence-electron chi connectivity index (χ2n) is 8.22. The second kappa shape index (κ2) is 10.1. The number of halogens is 1. The van der Waals surface area contributed by atoms with Crippen LogP contribution in [-0.2, 0) is 25.7 Å². The lowest BCUT2D eigenvalue weighted by molar-refractivity contribution is -0.151. The van der Waals surface area contributed by atoms with Gasteiger partial charge in [0, 0.05) is 24.5 Å². The summed E-state index contributed by atoms with van der Waals surface area (Å²) in [7, 11) is 0. The number of carbonyl (C=O) groups excluding carboxylic acids is 3. The first-order valence-corrected chi connectivity index (χ1v) is 11.3. The molecule has 1 aliphatic rings. The summed E-state index contributed by atoms with van der Waals surface area (Å²) in [5.41, 5.74) is 3.68. The zero-order valence-electron chi connectivity index (χ0n) is 19.0. The third kappa shape index (κ3) is 5.12. The molecule has 9 heteroatoms. The first kappa shape index (κ1) is 23.5. The van der Waals surface area contributed by atoms with Crippen molar-refractivity contribution in [2.75, 3.05) is 18.5 Å². The summed E-state index contributed by atoms with van der Waals surface area (Å²) >= 11 is 6.18. The number of esters is 1. The van der Waals surface area contributed by atoms with E-state index in [9.17, 15) is 14.4 Å². The Morgan fingerprint density at radius 1 is 1.12 bits per heavy atom. The minimum absolute atomic E-state index is 0.0486. The third-order valence-electron chi connectivity index (χ3n) is 5.77. The summed E-state index contributed by atoms with van der Waals surface area (Å²) < 4.78 is 6.96. The highest BCUT2D eigenvalue weighted by Gasteiger charge is 2.35. The Bertz CT molecular complexity index is 1220. The Hall–Kier alpha value is -3.65. The molecule has 0 radical (unpaired) electrons. The number of nitrogens with zero attached hydrogens (tertiary/aromatic N) is 3. The number of aromatic nitrogens is 2. The monoisotopic (exact) mass is 480 g/mol. The van der Waals surface area contributed by atoms with Gasteiger partial charge in [0.25, 0.3) is 5.91 Å². The van der Waals surface area contributed by atoms with E-state index < -0.39 is 24.4 Å². The molecule has 1 N–H and O–H groups in total. The van der Waals surface area contributed by atoms with Crippen molar-refractivity contribution >= 4 is 35.1 Å². The van der Waals surface area contributed by atoms with Crippen LogP contribution in [0.3, 0.4) is 0 Å². The molecule has 1 fully saturated rings. The first-order valence-electron chi connectivity index (χ1n) is 10.9. The molecule has 8 nitrogen and oxygen atoms in total. The van der Waals surface area contributed by atoms with Crippen LogP contribution in [0.2, 0.25) is 5.02 Å². The normalized spacial score (nSPS) is 15.4. The predicted molar refractivity (Wildman–Crippen MR) is 128 cm³/mol.